The first-order valence-corrected chi connectivity index (χ1v) is 8.71. The predicted octanol–water partition coefficient (Wildman–Crippen LogP) is 3.60. The van der Waals surface area contributed by atoms with E-state index in [2.05, 4.69) is 5.32 Å². The summed E-state index contributed by atoms with van der Waals surface area (Å²) in [5.41, 5.74) is 1.93. The number of hydrogen-bond donors (Lipinski definition) is 2. The summed E-state index contributed by atoms with van der Waals surface area (Å²) in [5.74, 6) is -0.972. The summed E-state index contributed by atoms with van der Waals surface area (Å²) in [6.07, 6.45) is 1.82. The summed E-state index contributed by atoms with van der Waals surface area (Å²) in [6.45, 7) is 1.61. The number of rotatable bonds is 9. The highest BCUT2D eigenvalue weighted by atomic mass is 16.5. The van der Waals surface area contributed by atoms with Gasteiger partial charge >= 0.3 is 5.97 Å². The van der Waals surface area contributed by atoms with Crippen molar-refractivity contribution in [2.75, 3.05) is 7.11 Å². The van der Waals surface area contributed by atoms with E-state index >= 15 is 0 Å². The lowest BCUT2D eigenvalue weighted by Crippen LogP contribution is -2.35. The van der Waals surface area contributed by atoms with E-state index in [0.717, 1.165) is 23.3 Å². The average molecular weight is 355 g/mol. The van der Waals surface area contributed by atoms with Crippen molar-refractivity contribution in [2.45, 2.75) is 32.2 Å². The lowest BCUT2D eigenvalue weighted by atomic mass is 9.94. The Balaban J connectivity index is 1.91. The number of carboxylic acids is 1. The topological polar surface area (TPSA) is 75.6 Å². The fourth-order valence-corrected chi connectivity index (χ4v) is 2.79. The molecule has 1 amide bonds. The third-order valence-corrected chi connectivity index (χ3v) is 4.39. The second kappa shape index (κ2) is 9.61. The molecule has 26 heavy (non-hydrogen) atoms. The molecule has 0 aliphatic carbocycles. The molecule has 0 aromatic heterocycles. The Morgan fingerprint density at radius 3 is 2.31 bits per heavy atom. The molecule has 138 valence electrons. The number of carbonyl (C=O) groups is 2. The Morgan fingerprint density at radius 2 is 1.73 bits per heavy atom. The molecule has 2 unspecified atom stereocenters. The Morgan fingerprint density at radius 1 is 1.08 bits per heavy atom. The van der Waals surface area contributed by atoms with E-state index in [4.69, 9.17) is 4.74 Å². The lowest BCUT2D eigenvalue weighted by Gasteiger charge is -2.23. The minimum Gasteiger partial charge on any atom is -0.497 e. The molecule has 0 bridgehead atoms. The molecular formula is C21H25NO4. The normalized spacial score (nSPS) is 12.8. The van der Waals surface area contributed by atoms with Gasteiger partial charge in [-0.1, -0.05) is 42.5 Å². The fourth-order valence-electron chi connectivity index (χ4n) is 2.79. The summed E-state index contributed by atoms with van der Waals surface area (Å²) < 4.78 is 5.13. The Hall–Kier alpha value is -2.82. The predicted molar refractivity (Wildman–Crippen MR) is 100 cm³/mol. The smallest absolute Gasteiger partial charge is 0.308 e. The Labute approximate surface area is 154 Å². The van der Waals surface area contributed by atoms with Crippen molar-refractivity contribution in [3.8, 4) is 5.75 Å². The molecule has 0 saturated carbocycles. The molecular weight excluding hydrogens is 330 g/mol. The van der Waals surface area contributed by atoms with Crippen molar-refractivity contribution in [1.82, 2.24) is 5.32 Å². The van der Waals surface area contributed by atoms with Crippen molar-refractivity contribution in [3.05, 3.63) is 65.7 Å². The van der Waals surface area contributed by atoms with E-state index in [1.165, 1.54) is 0 Å². The van der Waals surface area contributed by atoms with Crippen molar-refractivity contribution >= 4 is 11.9 Å². The van der Waals surface area contributed by atoms with Gasteiger partial charge in [-0.05, 0) is 43.0 Å². The molecule has 5 heteroatoms. The number of carboxylic acid groups (broad SMARTS) is 1. The molecule has 0 radical (unpaired) electrons. The van der Waals surface area contributed by atoms with Gasteiger partial charge in [-0.3, -0.25) is 9.59 Å². The van der Waals surface area contributed by atoms with Crippen LogP contribution in [0.1, 0.15) is 36.9 Å². The molecule has 0 aliphatic heterocycles. The summed E-state index contributed by atoms with van der Waals surface area (Å²) in [7, 11) is 1.63. The lowest BCUT2D eigenvalue weighted by molar-refractivity contribution is -0.142. The van der Waals surface area contributed by atoms with Gasteiger partial charge in [-0.2, -0.15) is 0 Å². The monoisotopic (exact) mass is 355 g/mol. The van der Waals surface area contributed by atoms with Gasteiger partial charge in [0, 0.05) is 6.42 Å². The number of nitrogens with one attached hydrogen (secondary N) is 1. The number of ether oxygens (including phenoxy) is 1. The van der Waals surface area contributed by atoms with Crippen LogP contribution in [0.4, 0.5) is 0 Å². The Kier molecular flexibility index (Phi) is 7.21. The second-order valence-corrected chi connectivity index (χ2v) is 6.28. The SMILES string of the molecule is COc1ccc(CCCC(=O)NC(c2ccccc2)C(C)C(=O)O)cc1. The van der Waals surface area contributed by atoms with Crippen LogP contribution in [0.3, 0.4) is 0 Å². The molecule has 0 aliphatic rings. The van der Waals surface area contributed by atoms with Crippen molar-refractivity contribution in [3.63, 3.8) is 0 Å². The molecule has 0 spiro atoms. The minimum atomic E-state index is -0.933. The molecule has 2 atom stereocenters. The minimum absolute atomic E-state index is 0.138. The van der Waals surface area contributed by atoms with E-state index in [9.17, 15) is 14.7 Å². The summed E-state index contributed by atoms with van der Waals surface area (Å²) in [4.78, 5) is 23.7. The van der Waals surface area contributed by atoms with Crippen LogP contribution in [0.5, 0.6) is 5.75 Å². The molecule has 0 saturated heterocycles. The highest BCUT2D eigenvalue weighted by Crippen LogP contribution is 2.22. The molecule has 0 fully saturated rings. The van der Waals surface area contributed by atoms with Crippen LogP contribution in [-0.2, 0) is 16.0 Å². The van der Waals surface area contributed by atoms with Gasteiger partial charge in [0.25, 0.3) is 0 Å². The van der Waals surface area contributed by atoms with Crippen LogP contribution in [0, 0.1) is 5.92 Å². The Bertz CT molecular complexity index is 713. The van der Waals surface area contributed by atoms with Crippen LogP contribution in [0.2, 0.25) is 0 Å². The zero-order chi connectivity index (χ0) is 18.9. The molecule has 0 heterocycles. The van der Waals surface area contributed by atoms with Gasteiger partial charge in [-0.25, -0.2) is 0 Å². The van der Waals surface area contributed by atoms with Gasteiger partial charge in [-0.15, -0.1) is 0 Å². The highest BCUT2D eigenvalue weighted by Gasteiger charge is 2.26. The number of carbonyl (C=O) groups excluding carboxylic acids is 1. The van der Waals surface area contributed by atoms with Crippen LogP contribution in [-0.4, -0.2) is 24.1 Å². The number of aliphatic carboxylic acids is 1. The highest BCUT2D eigenvalue weighted by molar-refractivity contribution is 5.78. The van der Waals surface area contributed by atoms with Crippen molar-refractivity contribution < 1.29 is 19.4 Å². The number of benzene rings is 2. The van der Waals surface area contributed by atoms with Gasteiger partial charge in [0.05, 0.1) is 19.1 Å². The van der Waals surface area contributed by atoms with Crippen LogP contribution < -0.4 is 10.1 Å². The zero-order valence-electron chi connectivity index (χ0n) is 15.1. The number of hydrogen-bond acceptors (Lipinski definition) is 3. The third kappa shape index (κ3) is 5.62. The number of methoxy groups -OCH3 is 1. The van der Waals surface area contributed by atoms with E-state index in [1.807, 2.05) is 54.6 Å². The fraction of sp³-hybridized carbons (Fsp3) is 0.333. The first-order chi connectivity index (χ1) is 12.5. The molecule has 5 nitrogen and oxygen atoms in total. The summed E-state index contributed by atoms with van der Waals surface area (Å²) in [6, 6.07) is 16.4. The summed E-state index contributed by atoms with van der Waals surface area (Å²) >= 11 is 0. The van der Waals surface area contributed by atoms with Crippen molar-refractivity contribution in [1.29, 1.82) is 0 Å². The van der Waals surface area contributed by atoms with E-state index in [1.54, 1.807) is 14.0 Å². The summed E-state index contributed by atoms with van der Waals surface area (Å²) in [5, 5.41) is 12.2. The molecule has 2 aromatic carbocycles. The van der Waals surface area contributed by atoms with Crippen LogP contribution in [0.25, 0.3) is 0 Å². The quantitative estimate of drug-likeness (QED) is 0.721. The number of aryl methyl sites for hydroxylation is 1. The van der Waals surface area contributed by atoms with Gasteiger partial charge in [0.1, 0.15) is 5.75 Å². The standard InChI is InChI=1S/C21H25NO4/c1-15(21(24)25)20(17-8-4-3-5-9-17)22-19(23)10-6-7-16-11-13-18(26-2)14-12-16/h3-5,8-9,11-15,20H,6-7,10H2,1-2H3,(H,22,23)(H,24,25). The van der Waals surface area contributed by atoms with Crippen molar-refractivity contribution in [2.24, 2.45) is 5.92 Å². The molecule has 2 aromatic rings. The van der Waals surface area contributed by atoms with Gasteiger partial charge in [0.15, 0.2) is 0 Å². The second-order valence-electron chi connectivity index (χ2n) is 6.28. The van der Waals surface area contributed by atoms with Gasteiger partial charge in [0.2, 0.25) is 5.91 Å². The largest absolute Gasteiger partial charge is 0.497 e. The zero-order valence-corrected chi connectivity index (χ0v) is 15.1. The number of amides is 1. The van der Waals surface area contributed by atoms with E-state index in [-0.39, 0.29) is 5.91 Å². The maximum absolute atomic E-state index is 12.3. The average Bonchev–Trinajstić information content (AvgIpc) is 2.66. The maximum Gasteiger partial charge on any atom is 0.308 e. The third-order valence-electron chi connectivity index (χ3n) is 4.39. The maximum atomic E-state index is 12.3. The van der Waals surface area contributed by atoms with Crippen LogP contribution >= 0.6 is 0 Å². The molecule has 2 rings (SSSR count). The van der Waals surface area contributed by atoms with E-state index in [0.29, 0.717) is 12.8 Å². The van der Waals surface area contributed by atoms with E-state index < -0.39 is 17.9 Å². The molecule has 2 N–H and O–H groups in total. The first-order valence-electron chi connectivity index (χ1n) is 8.71. The first kappa shape index (κ1) is 19.5. The van der Waals surface area contributed by atoms with Gasteiger partial charge < -0.3 is 15.2 Å². The van der Waals surface area contributed by atoms with Crippen LogP contribution in [0.15, 0.2) is 54.6 Å².